The lowest BCUT2D eigenvalue weighted by Crippen LogP contribution is -2.58. The van der Waals surface area contributed by atoms with E-state index in [1.54, 1.807) is 25.1 Å². The van der Waals surface area contributed by atoms with Crippen LogP contribution in [0.25, 0.3) is 5.76 Å². The number of ketones is 2. The van der Waals surface area contributed by atoms with Gasteiger partial charge in [0, 0.05) is 37.7 Å². The molecule has 1 amide bonds. The van der Waals surface area contributed by atoms with Crippen LogP contribution in [0.15, 0.2) is 23.0 Å². The van der Waals surface area contributed by atoms with Crippen molar-refractivity contribution in [1.82, 2.24) is 4.72 Å². The van der Waals surface area contributed by atoms with Crippen molar-refractivity contribution in [3.63, 3.8) is 0 Å². The van der Waals surface area contributed by atoms with Crippen LogP contribution in [0.1, 0.15) is 43.4 Å². The molecule has 0 saturated heterocycles. The molecule has 0 aromatic heterocycles. The minimum atomic E-state index is -3.57. The van der Waals surface area contributed by atoms with Crippen LogP contribution in [0.4, 0.5) is 5.69 Å². The third-order valence-electron chi connectivity index (χ3n) is 7.73. The molecule has 40 heavy (non-hydrogen) atoms. The van der Waals surface area contributed by atoms with E-state index in [9.17, 15) is 43.2 Å². The molecule has 4 rings (SSSR count). The van der Waals surface area contributed by atoms with Crippen LogP contribution in [0, 0.1) is 23.7 Å². The number of Topliss-reactive ketones (excluding diaryl/α,β-unsaturated/α-hetero) is 2. The zero-order valence-electron chi connectivity index (χ0n) is 22.4. The molecule has 0 bridgehead atoms. The third-order valence-corrected chi connectivity index (χ3v) is 9.52. The molecule has 1 fully saturated rings. The number of anilines is 1. The van der Waals surface area contributed by atoms with Gasteiger partial charge in [0.1, 0.15) is 22.8 Å². The summed E-state index contributed by atoms with van der Waals surface area (Å²) in [6.07, 6.45) is -0.228. The monoisotopic (exact) mass is 573 g/mol. The Bertz CT molecular complexity index is 1580. The maximum Gasteiger partial charge on any atom is 0.255 e. The predicted octanol–water partition coefficient (Wildman–Crippen LogP) is 0.169. The number of phenolic OH excluding ortho intramolecular Hbond substituents is 1. The second kappa shape index (κ2) is 9.96. The quantitative estimate of drug-likeness (QED) is 0.208. The van der Waals surface area contributed by atoms with Crippen LogP contribution in [-0.4, -0.2) is 77.8 Å². The lowest BCUT2D eigenvalue weighted by atomic mass is 9.59. The number of amides is 1. The van der Waals surface area contributed by atoms with Crippen LogP contribution in [0.5, 0.6) is 5.75 Å². The lowest BCUT2D eigenvalue weighted by molar-refractivity contribution is -0.147. The number of carbonyl (C=O) groups excluding carboxylic acids is 3. The van der Waals surface area contributed by atoms with E-state index in [2.05, 4.69) is 16.6 Å². The van der Waals surface area contributed by atoms with Crippen molar-refractivity contribution < 1.29 is 43.2 Å². The molecule has 3 atom stereocenters. The number of fused-ring (bicyclic) bond motifs is 3. The van der Waals surface area contributed by atoms with Crippen molar-refractivity contribution in [3.8, 4) is 17.6 Å². The topological polar surface area (TPSA) is 208 Å². The summed E-state index contributed by atoms with van der Waals surface area (Å²) in [4.78, 5) is 39.7. The second-order valence-electron chi connectivity index (χ2n) is 10.7. The highest BCUT2D eigenvalue weighted by atomic mass is 32.2. The van der Waals surface area contributed by atoms with Gasteiger partial charge in [0.2, 0.25) is 15.8 Å². The summed E-state index contributed by atoms with van der Waals surface area (Å²) < 4.78 is 26.3. The Kier molecular flexibility index (Phi) is 7.25. The molecule has 1 saturated carbocycles. The predicted molar refractivity (Wildman–Crippen MR) is 145 cm³/mol. The molecule has 0 spiro atoms. The number of rotatable bonds is 5. The number of nitrogens with one attached hydrogen (secondary N) is 1. The Morgan fingerprint density at radius 2 is 1.88 bits per heavy atom. The molecule has 3 aliphatic rings. The smallest absolute Gasteiger partial charge is 0.255 e. The van der Waals surface area contributed by atoms with Crippen molar-refractivity contribution in [3.05, 3.63) is 39.7 Å². The largest absolute Gasteiger partial charge is 0.508 e. The minimum Gasteiger partial charge on any atom is -0.508 e. The summed E-state index contributed by atoms with van der Waals surface area (Å²) >= 11 is 0. The van der Waals surface area contributed by atoms with E-state index < -0.39 is 79.4 Å². The first-order valence-corrected chi connectivity index (χ1v) is 14.1. The van der Waals surface area contributed by atoms with Crippen molar-refractivity contribution in [2.75, 3.05) is 25.5 Å². The Balaban J connectivity index is 1.85. The Labute approximate surface area is 231 Å². The molecular weight excluding hydrogens is 542 g/mol. The molecule has 0 aliphatic heterocycles. The van der Waals surface area contributed by atoms with E-state index in [-0.39, 0.29) is 36.1 Å². The van der Waals surface area contributed by atoms with Crippen molar-refractivity contribution in [2.45, 2.75) is 44.0 Å². The van der Waals surface area contributed by atoms with Gasteiger partial charge in [-0.3, -0.25) is 14.4 Å². The normalized spacial score (nSPS) is 24.2. The fourth-order valence-electron chi connectivity index (χ4n) is 5.61. The van der Waals surface area contributed by atoms with Gasteiger partial charge in [-0.2, -0.15) is 0 Å². The van der Waals surface area contributed by atoms with E-state index in [1.165, 1.54) is 13.8 Å². The number of hydrogen-bond acceptors (Lipinski definition) is 10. The average molecular weight is 574 g/mol. The van der Waals surface area contributed by atoms with Crippen LogP contribution >= 0.6 is 0 Å². The highest BCUT2D eigenvalue weighted by Crippen LogP contribution is 2.53. The molecular formula is C27H31N3O9S. The first-order valence-electron chi connectivity index (χ1n) is 12.5. The van der Waals surface area contributed by atoms with Gasteiger partial charge in [-0.25, -0.2) is 13.1 Å². The standard InChI is InChI=1S/C27H31N3O9S/c1-12(2)40(38,39)29-7-5-6-13-10-17(30(3)4)16-9-14-8-15-11-18(31)21(26(28)36)25(35)27(15,37)24(34)19(14)23(33)20(16)22(13)32/h10,12,14-15,29,32-33,35,37H,7-9,11H2,1-4H3,(H2,28,36)/t14-,15+,27+/m1/s1. The molecule has 0 unspecified atom stereocenters. The molecule has 1 aromatic rings. The van der Waals surface area contributed by atoms with E-state index in [0.717, 1.165) is 0 Å². The van der Waals surface area contributed by atoms with Gasteiger partial charge in [-0.05, 0) is 44.2 Å². The Morgan fingerprint density at radius 3 is 2.45 bits per heavy atom. The maximum absolute atomic E-state index is 13.7. The number of carbonyl (C=O) groups is 3. The first kappa shape index (κ1) is 29.1. The molecule has 12 nitrogen and oxygen atoms in total. The fourth-order valence-corrected chi connectivity index (χ4v) is 6.21. The van der Waals surface area contributed by atoms with Crippen LogP contribution < -0.4 is 15.4 Å². The van der Waals surface area contributed by atoms with E-state index >= 15 is 0 Å². The summed E-state index contributed by atoms with van der Waals surface area (Å²) in [7, 11) is -0.102. The SMILES string of the molecule is CC(C)S(=O)(=O)NCC#Cc1cc(N(C)C)c2c(c1O)C(O)=C1C(=O)[C@]3(O)C(O)=C(C(N)=O)C(=O)C[C@@H]3C[C@@H]1C2. The highest BCUT2D eigenvalue weighted by molar-refractivity contribution is 7.90. The average Bonchev–Trinajstić information content (AvgIpc) is 2.84. The number of primary amides is 1. The van der Waals surface area contributed by atoms with Gasteiger partial charge >= 0.3 is 0 Å². The van der Waals surface area contributed by atoms with Crippen molar-refractivity contribution in [2.24, 2.45) is 17.6 Å². The first-order chi connectivity index (χ1) is 18.5. The van der Waals surface area contributed by atoms with Gasteiger partial charge in [0.25, 0.3) is 5.91 Å². The highest BCUT2D eigenvalue weighted by Gasteiger charge is 2.60. The van der Waals surface area contributed by atoms with Gasteiger partial charge in [0.05, 0.1) is 22.9 Å². The summed E-state index contributed by atoms with van der Waals surface area (Å²) in [6.45, 7) is 2.79. The maximum atomic E-state index is 13.7. The zero-order valence-corrected chi connectivity index (χ0v) is 23.2. The molecule has 1 aromatic carbocycles. The summed E-state index contributed by atoms with van der Waals surface area (Å²) in [5, 5.41) is 43.9. The molecule has 7 N–H and O–H groups in total. The lowest BCUT2D eigenvalue weighted by Gasteiger charge is -2.46. The summed E-state index contributed by atoms with van der Waals surface area (Å²) in [5.74, 6) is -1.78. The number of nitrogens with two attached hydrogens (primary N) is 1. The third kappa shape index (κ3) is 4.42. The van der Waals surface area contributed by atoms with Gasteiger partial charge in [0.15, 0.2) is 11.4 Å². The summed E-state index contributed by atoms with van der Waals surface area (Å²) in [5.41, 5.74) is 2.48. The summed E-state index contributed by atoms with van der Waals surface area (Å²) in [6, 6.07) is 1.58. The Morgan fingerprint density at radius 1 is 1.23 bits per heavy atom. The number of aliphatic hydroxyl groups is 3. The van der Waals surface area contributed by atoms with Crippen LogP contribution in [-0.2, 0) is 30.8 Å². The van der Waals surface area contributed by atoms with Crippen LogP contribution in [0.3, 0.4) is 0 Å². The van der Waals surface area contributed by atoms with E-state index in [4.69, 9.17) is 5.73 Å². The molecule has 13 heteroatoms. The van der Waals surface area contributed by atoms with Gasteiger partial charge < -0.3 is 31.1 Å². The molecule has 3 aliphatic carbocycles. The van der Waals surface area contributed by atoms with Gasteiger partial charge in [-0.1, -0.05) is 11.8 Å². The molecule has 0 heterocycles. The number of sulfonamides is 1. The number of benzene rings is 1. The second-order valence-corrected chi connectivity index (χ2v) is 13.0. The Hall–Kier alpha value is -3.86. The number of hydrogen-bond donors (Lipinski definition) is 6. The van der Waals surface area contributed by atoms with E-state index in [0.29, 0.717) is 11.3 Å². The number of phenols is 1. The van der Waals surface area contributed by atoms with Crippen molar-refractivity contribution >= 4 is 38.9 Å². The van der Waals surface area contributed by atoms with Crippen LogP contribution in [0.2, 0.25) is 0 Å². The number of aliphatic hydroxyl groups excluding tert-OH is 2. The number of aromatic hydroxyl groups is 1. The fraction of sp³-hybridized carbons (Fsp3) is 0.444. The van der Waals surface area contributed by atoms with Crippen molar-refractivity contribution in [1.29, 1.82) is 0 Å². The minimum absolute atomic E-state index is 0.0219. The van der Waals surface area contributed by atoms with E-state index in [1.807, 2.05) is 0 Å². The van der Waals surface area contributed by atoms with Gasteiger partial charge in [-0.15, -0.1) is 0 Å². The molecule has 0 radical (unpaired) electrons. The zero-order chi connectivity index (χ0) is 29.9. The number of nitrogens with zero attached hydrogens (tertiary/aromatic N) is 1. The molecule has 214 valence electrons.